The van der Waals surface area contributed by atoms with Gasteiger partial charge in [-0.05, 0) is 43.3 Å². The van der Waals surface area contributed by atoms with E-state index >= 15 is 0 Å². The Morgan fingerprint density at radius 3 is 2.19 bits per heavy atom. The molecule has 2 rings (SSSR count). The van der Waals surface area contributed by atoms with Crippen LogP contribution in [-0.4, -0.2) is 18.0 Å². The number of ether oxygens (including phenoxy) is 1. The molecule has 0 aliphatic heterocycles. The average molecular weight is 408 g/mol. The summed E-state index contributed by atoms with van der Waals surface area (Å²) in [6, 6.07) is 4.71. The molecule has 0 radical (unpaired) electrons. The van der Waals surface area contributed by atoms with Gasteiger partial charge in [0.1, 0.15) is 0 Å². The Labute approximate surface area is 154 Å². The molecule has 0 saturated heterocycles. The van der Waals surface area contributed by atoms with Crippen molar-refractivity contribution in [1.82, 2.24) is 0 Å². The highest BCUT2D eigenvalue weighted by atomic mass is 35.5. The summed E-state index contributed by atoms with van der Waals surface area (Å²) in [5.41, 5.74) is -1.33. The predicted molar refractivity (Wildman–Crippen MR) is 86.3 cm³/mol. The summed E-state index contributed by atoms with van der Waals surface area (Å²) in [6.45, 7) is 1.19. The number of benzene rings is 2. The molecule has 0 aromatic heterocycles. The number of rotatable bonds is 4. The zero-order valence-electron chi connectivity index (χ0n) is 13.5. The van der Waals surface area contributed by atoms with E-state index in [1.807, 2.05) is 0 Å². The fourth-order valence-electron chi connectivity index (χ4n) is 1.94. The number of anilines is 1. The third-order valence-electron chi connectivity index (χ3n) is 3.36. The van der Waals surface area contributed by atoms with Gasteiger partial charge in [0.15, 0.2) is 17.7 Å². The normalized spacial score (nSPS) is 12.4. The van der Waals surface area contributed by atoms with Gasteiger partial charge in [-0.25, -0.2) is 13.6 Å². The lowest BCUT2D eigenvalue weighted by molar-refractivity contribution is -0.137. The van der Waals surface area contributed by atoms with Gasteiger partial charge in [-0.1, -0.05) is 11.6 Å². The third-order valence-corrected chi connectivity index (χ3v) is 3.68. The molecule has 1 N–H and O–H groups in total. The van der Waals surface area contributed by atoms with Crippen molar-refractivity contribution in [3.63, 3.8) is 0 Å². The van der Waals surface area contributed by atoms with Gasteiger partial charge in [0.05, 0.1) is 16.1 Å². The summed E-state index contributed by atoms with van der Waals surface area (Å²) in [5, 5.41) is 1.85. The number of carbonyl (C=O) groups excluding carboxylic acids is 2. The van der Waals surface area contributed by atoms with Crippen molar-refractivity contribution in [2.75, 3.05) is 5.32 Å². The molecule has 0 saturated carbocycles. The average Bonchev–Trinajstić information content (AvgIpc) is 2.57. The molecule has 2 aromatic rings. The van der Waals surface area contributed by atoms with Gasteiger partial charge in [-0.15, -0.1) is 0 Å². The SMILES string of the molecule is CC(OC(=O)c1cc(F)c(F)cc1Cl)C(=O)Nc1ccc(C(F)(F)F)cc1. The fraction of sp³-hybridized carbons (Fsp3) is 0.176. The highest BCUT2D eigenvalue weighted by Gasteiger charge is 2.30. The van der Waals surface area contributed by atoms with E-state index in [0.29, 0.717) is 12.1 Å². The van der Waals surface area contributed by atoms with Gasteiger partial charge >= 0.3 is 12.1 Å². The lowest BCUT2D eigenvalue weighted by Crippen LogP contribution is -2.30. The molecule has 0 spiro atoms. The minimum atomic E-state index is -4.52. The first-order valence-corrected chi connectivity index (χ1v) is 7.70. The van der Waals surface area contributed by atoms with E-state index in [9.17, 15) is 31.5 Å². The molecule has 0 fully saturated rings. The minimum absolute atomic E-state index is 0.0433. The van der Waals surface area contributed by atoms with E-state index in [1.54, 1.807) is 0 Å². The van der Waals surface area contributed by atoms with E-state index in [4.69, 9.17) is 16.3 Å². The molecule has 1 unspecified atom stereocenters. The first-order chi connectivity index (χ1) is 12.5. The van der Waals surface area contributed by atoms with Crippen LogP contribution in [0.15, 0.2) is 36.4 Å². The topological polar surface area (TPSA) is 55.4 Å². The summed E-state index contributed by atoms with van der Waals surface area (Å²) in [4.78, 5) is 23.9. The van der Waals surface area contributed by atoms with Gasteiger partial charge < -0.3 is 10.1 Å². The van der Waals surface area contributed by atoms with Crippen LogP contribution >= 0.6 is 11.6 Å². The van der Waals surface area contributed by atoms with Crippen molar-refractivity contribution >= 4 is 29.2 Å². The second-order valence-electron chi connectivity index (χ2n) is 5.36. The number of hydrogen-bond acceptors (Lipinski definition) is 3. The van der Waals surface area contributed by atoms with Crippen molar-refractivity contribution < 1.29 is 36.3 Å². The van der Waals surface area contributed by atoms with E-state index in [-0.39, 0.29) is 5.69 Å². The van der Waals surface area contributed by atoms with Crippen molar-refractivity contribution in [2.45, 2.75) is 19.2 Å². The Hall–Kier alpha value is -2.68. The van der Waals surface area contributed by atoms with Crippen molar-refractivity contribution in [2.24, 2.45) is 0 Å². The number of nitrogens with one attached hydrogen (secondary N) is 1. The van der Waals surface area contributed by atoms with E-state index in [0.717, 1.165) is 24.3 Å². The Kier molecular flexibility index (Phi) is 6.04. The molecule has 1 amide bonds. The summed E-state index contributed by atoms with van der Waals surface area (Å²) >= 11 is 5.64. The van der Waals surface area contributed by atoms with E-state index in [1.165, 1.54) is 6.92 Å². The zero-order chi connectivity index (χ0) is 20.4. The minimum Gasteiger partial charge on any atom is -0.449 e. The Morgan fingerprint density at radius 2 is 1.63 bits per heavy atom. The largest absolute Gasteiger partial charge is 0.449 e. The number of alkyl halides is 3. The molecule has 0 aliphatic carbocycles. The smallest absolute Gasteiger partial charge is 0.416 e. The molecule has 1 atom stereocenters. The lowest BCUT2D eigenvalue weighted by Gasteiger charge is -2.14. The zero-order valence-corrected chi connectivity index (χ0v) is 14.3. The van der Waals surface area contributed by atoms with Crippen LogP contribution < -0.4 is 5.32 Å². The van der Waals surface area contributed by atoms with Crippen LogP contribution in [0.5, 0.6) is 0 Å². The van der Waals surface area contributed by atoms with Gasteiger partial charge in [0, 0.05) is 5.69 Å². The summed E-state index contributed by atoms with van der Waals surface area (Å²) in [6.07, 6.45) is -5.90. The lowest BCUT2D eigenvalue weighted by atomic mass is 10.2. The fourth-order valence-corrected chi connectivity index (χ4v) is 2.17. The molecule has 4 nitrogen and oxygen atoms in total. The van der Waals surface area contributed by atoms with Crippen LogP contribution in [0.25, 0.3) is 0 Å². The highest BCUT2D eigenvalue weighted by molar-refractivity contribution is 6.33. The number of esters is 1. The van der Waals surface area contributed by atoms with Crippen LogP contribution in [0.3, 0.4) is 0 Å². The van der Waals surface area contributed by atoms with Gasteiger partial charge in [0.2, 0.25) is 0 Å². The second kappa shape index (κ2) is 7.91. The molecule has 2 aromatic carbocycles. The van der Waals surface area contributed by atoms with Gasteiger partial charge in [0.25, 0.3) is 5.91 Å². The molecular formula is C17H11ClF5NO3. The maximum atomic E-state index is 13.2. The van der Waals surface area contributed by atoms with Crippen molar-refractivity contribution in [1.29, 1.82) is 0 Å². The first-order valence-electron chi connectivity index (χ1n) is 7.32. The number of hydrogen-bond donors (Lipinski definition) is 1. The third kappa shape index (κ3) is 5.16. The van der Waals surface area contributed by atoms with Gasteiger partial charge in [-0.3, -0.25) is 4.79 Å². The number of amides is 1. The van der Waals surface area contributed by atoms with Crippen LogP contribution in [0.4, 0.5) is 27.6 Å². The molecule has 144 valence electrons. The predicted octanol–water partition coefficient (Wildman–Crippen LogP) is 4.82. The van der Waals surface area contributed by atoms with Crippen LogP contribution in [0, 0.1) is 11.6 Å². The summed E-state index contributed by atoms with van der Waals surface area (Å²) in [7, 11) is 0. The van der Waals surface area contributed by atoms with Crippen molar-refractivity contribution in [3.8, 4) is 0 Å². The van der Waals surface area contributed by atoms with E-state index in [2.05, 4.69) is 5.32 Å². The quantitative estimate of drug-likeness (QED) is 0.449. The first kappa shape index (κ1) is 20.6. The van der Waals surface area contributed by atoms with Crippen LogP contribution in [-0.2, 0) is 15.7 Å². The molecule has 10 heteroatoms. The standard InChI is InChI=1S/C17H11ClF5NO3/c1-8(27-16(26)11-6-13(19)14(20)7-12(11)18)15(25)24-10-4-2-9(3-5-10)17(21,22)23/h2-8H,1H3,(H,24,25). The maximum absolute atomic E-state index is 13.2. The Balaban J connectivity index is 2.03. The molecule has 0 aliphatic rings. The van der Waals surface area contributed by atoms with Crippen LogP contribution in [0.2, 0.25) is 5.02 Å². The number of halogens is 6. The molecule has 27 heavy (non-hydrogen) atoms. The van der Waals surface area contributed by atoms with E-state index < -0.39 is 51.9 Å². The number of carbonyl (C=O) groups is 2. The molecule has 0 bridgehead atoms. The van der Waals surface area contributed by atoms with Gasteiger partial charge in [-0.2, -0.15) is 13.2 Å². The Bertz CT molecular complexity index is 868. The summed E-state index contributed by atoms with van der Waals surface area (Å²) in [5.74, 6) is -4.60. The monoisotopic (exact) mass is 407 g/mol. The second-order valence-corrected chi connectivity index (χ2v) is 5.77. The van der Waals surface area contributed by atoms with Crippen LogP contribution in [0.1, 0.15) is 22.8 Å². The Morgan fingerprint density at radius 1 is 1.07 bits per heavy atom. The van der Waals surface area contributed by atoms with Crippen molar-refractivity contribution in [3.05, 3.63) is 64.2 Å². The highest BCUT2D eigenvalue weighted by Crippen LogP contribution is 2.29. The summed E-state index contributed by atoms with van der Waals surface area (Å²) < 4.78 is 68.5. The maximum Gasteiger partial charge on any atom is 0.416 e. The molecule has 0 heterocycles. The molecular weight excluding hydrogens is 397 g/mol.